The van der Waals surface area contributed by atoms with Crippen molar-refractivity contribution in [3.05, 3.63) is 35.4 Å². The van der Waals surface area contributed by atoms with Crippen LogP contribution in [0, 0.1) is 23.7 Å². The molecular weight excluding hydrogens is 410 g/mol. The Bertz CT molecular complexity index is 900. The Morgan fingerprint density at radius 2 is 1.83 bits per heavy atom. The van der Waals surface area contributed by atoms with Gasteiger partial charge in [0, 0.05) is 17.5 Å². The third kappa shape index (κ3) is 5.52. The SMILES string of the molecule is CN(C)C1(C(NC(=O)c2ccc(C#CC#CCCO)cc2)C(=O)NO)CS(O)(O)C1. The second-order valence-electron chi connectivity index (χ2n) is 7.07. The number of carbonyl (C=O) groups is 2. The van der Waals surface area contributed by atoms with Gasteiger partial charge in [-0.2, -0.15) is 10.6 Å². The summed E-state index contributed by atoms with van der Waals surface area (Å²) in [5.74, 6) is 9.12. The molecule has 30 heavy (non-hydrogen) atoms. The van der Waals surface area contributed by atoms with Gasteiger partial charge in [-0.3, -0.25) is 28.8 Å². The van der Waals surface area contributed by atoms with Gasteiger partial charge >= 0.3 is 0 Å². The Morgan fingerprint density at radius 3 is 2.33 bits per heavy atom. The molecule has 1 aliphatic heterocycles. The number of carbonyl (C=O) groups excluding carboxylic acids is 2. The van der Waals surface area contributed by atoms with Gasteiger partial charge in [0.05, 0.1) is 23.7 Å². The van der Waals surface area contributed by atoms with Gasteiger partial charge in [0.15, 0.2) is 0 Å². The van der Waals surface area contributed by atoms with Crippen LogP contribution in [0.3, 0.4) is 0 Å². The molecule has 2 amide bonds. The van der Waals surface area contributed by atoms with Crippen molar-refractivity contribution in [3.8, 4) is 23.7 Å². The first-order valence-corrected chi connectivity index (χ1v) is 10.9. The van der Waals surface area contributed by atoms with Crippen molar-refractivity contribution in [1.82, 2.24) is 15.7 Å². The molecule has 1 aromatic carbocycles. The summed E-state index contributed by atoms with van der Waals surface area (Å²) in [6.07, 6.45) is 0.347. The van der Waals surface area contributed by atoms with E-state index in [0.717, 1.165) is 0 Å². The molecule has 0 bridgehead atoms. The van der Waals surface area contributed by atoms with E-state index in [0.29, 0.717) is 12.0 Å². The minimum atomic E-state index is -2.84. The number of aliphatic hydroxyl groups is 1. The molecule has 1 heterocycles. The molecule has 0 aliphatic carbocycles. The summed E-state index contributed by atoms with van der Waals surface area (Å²) in [5.41, 5.74) is 1.40. The monoisotopic (exact) mass is 435 g/mol. The largest absolute Gasteiger partial charge is 0.395 e. The van der Waals surface area contributed by atoms with E-state index in [1.54, 1.807) is 36.6 Å². The summed E-state index contributed by atoms with van der Waals surface area (Å²) in [6.45, 7) is -0.0260. The summed E-state index contributed by atoms with van der Waals surface area (Å²) in [7, 11) is 0.488. The highest BCUT2D eigenvalue weighted by Gasteiger charge is 2.58. The van der Waals surface area contributed by atoms with E-state index < -0.39 is 34.0 Å². The maximum absolute atomic E-state index is 12.7. The van der Waals surface area contributed by atoms with Gasteiger partial charge in [-0.25, -0.2) is 5.48 Å². The average Bonchev–Trinajstić information content (AvgIpc) is 2.69. The summed E-state index contributed by atoms with van der Waals surface area (Å²) < 4.78 is 19.7. The lowest BCUT2D eigenvalue weighted by Crippen LogP contribution is -2.74. The van der Waals surface area contributed by atoms with Gasteiger partial charge < -0.3 is 10.4 Å². The number of hydrogen-bond donors (Lipinski definition) is 6. The van der Waals surface area contributed by atoms with Gasteiger partial charge in [0.1, 0.15) is 6.04 Å². The lowest BCUT2D eigenvalue weighted by Gasteiger charge is -2.60. The van der Waals surface area contributed by atoms with E-state index in [1.165, 1.54) is 12.1 Å². The molecule has 1 aliphatic rings. The summed E-state index contributed by atoms with van der Waals surface area (Å²) >= 11 is 0. The summed E-state index contributed by atoms with van der Waals surface area (Å²) in [6, 6.07) is 5.11. The number of rotatable bonds is 6. The zero-order valence-corrected chi connectivity index (χ0v) is 17.5. The van der Waals surface area contributed by atoms with E-state index >= 15 is 0 Å². The molecular formula is C20H25N3O6S. The van der Waals surface area contributed by atoms with Crippen molar-refractivity contribution in [2.24, 2.45) is 0 Å². The number of likely N-dealkylation sites (N-methyl/N-ethyl adjacent to an activating group) is 1. The quantitative estimate of drug-likeness (QED) is 0.211. The highest BCUT2D eigenvalue weighted by atomic mass is 32.3. The van der Waals surface area contributed by atoms with Crippen LogP contribution < -0.4 is 10.8 Å². The fourth-order valence-electron chi connectivity index (χ4n) is 3.14. The second kappa shape index (κ2) is 9.96. The Hall–Kier alpha value is -2.57. The van der Waals surface area contributed by atoms with E-state index in [1.807, 2.05) is 0 Å². The zero-order valence-electron chi connectivity index (χ0n) is 16.7. The minimum absolute atomic E-state index is 0.0260. The standard InChI is InChI=1S/C20H25N3O6S/c1-23(2)20(13-30(28,29)14-20)17(19(26)22-27)21-18(25)16-10-8-15(9-11-16)7-5-3-4-6-12-24/h8-11,17,24,27-29H,6,12-14H2,1-2H3,(H,21,25)(H,22,26). The zero-order chi connectivity index (χ0) is 22.4. The molecule has 0 radical (unpaired) electrons. The molecule has 6 N–H and O–H groups in total. The first-order chi connectivity index (χ1) is 14.1. The Kier molecular flexibility index (Phi) is 7.87. The molecule has 0 saturated carbocycles. The van der Waals surface area contributed by atoms with E-state index in [4.69, 9.17) is 10.3 Å². The number of amides is 2. The molecule has 1 unspecified atom stereocenters. The van der Waals surface area contributed by atoms with E-state index in [2.05, 4.69) is 29.0 Å². The molecule has 2 rings (SSSR count). The predicted molar refractivity (Wildman–Crippen MR) is 113 cm³/mol. The number of hydrogen-bond acceptors (Lipinski definition) is 7. The van der Waals surface area contributed by atoms with Crippen LogP contribution in [0.25, 0.3) is 0 Å². The van der Waals surface area contributed by atoms with E-state index in [9.17, 15) is 18.7 Å². The van der Waals surface area contributed by atoms with Crippen LogP contribution in [-0.2, 0) is 4.79 Å². The molecule has 1 atom stereocenters. The molecule has 1 aromatic rings. The van der Waals surface area contributed by atoms with Crippen LogP contribution in [0.15, 0.2) is 24.3 Å². The van der Waals surface area contributed by atoms with Crippen LogP contribution in [0.4, 0.5) is 0 Å². The molecule has 0 spiro atoms. The minimum Gasteiger partial charge on any atom is -0.395 e. The van der Waals surface area contributed by atoms with Crippen molar-refractivity contribution in [2.75, 3.05) is 32.2 Å². The molecule has 162 valence electrons. The summed E-state index contributed by atoms with van der Waals surface area (Å²) in [4.78, 5) is 26.6. The van der Waals surface area contributed by atoms with Gasteiger partial charge in [0.25, 0.3) is 11.8 Å². The molecule has 0 aromatic heterocycles. The van der Waals surface area contributed by atoms with Crippen LogP contribution in [0.2, 0.25) is 0 Å². The normalized spacial score (nSPS) is 17.8. The van der Waals surface area contributed by atoms with Crippen LogP contribution in [0.1, 0.15) is 22.3 Å². The number of aliphatic hydroxyl groups excluding tert-OH is 1. The van der Waals surface area contributed by atoms with Crippen LogP contribution in [0.5, 0.6) is 0 Å². The fourth-order valence-corrected chi connectivity index (χ4v) is 5.50. The van der Waals surface area contributed by atoms with E-state index in [-0.39, 0.29) is 23.7 Å². The fraction of sp³-hybridized carbons (Fsp3) is 0.400. The smallest absolute Gasteiger partial charge is 0.267 e. The number of hydroxylamine groups is 1. The Labute approximate surface area is 176 Å². The number of nitrogens with zero attached hydrogens (tertiary/aromatic N) is 1. The van der Waals surface area contributed by atoms with Gasteiger partial charge in [-0.1, -0.05) is 11.8 Å². The third-order valence-corrected chi connectivity index (χ3v) is 6.70. The Morgan fingerprint density at radius 1 is 1.20 bits per heavy atom. The molecule has 10 heteroatoms. The summed E-state index contributed by atoms with van der Waals surface area (Å²) in [5, 5.41) is 20.4. The molecule has 1 fully saturated rings. The van der Waals surface area contributed by atoms with Gasteiger partial charge in [-0.15, -0.1) is 0 Å². The van der Waals surface area contributed by atoms with Gasteiger partial charge in [0.2, 0.25) is 0 Å². The molecule has 9 nitrogen and oxygen atoms in total. The van der Waals surface area contributed by atoms with Crippen molar-refractivity contribution < 1.29 is 29.0 Å². The lowest BCUT2D eigenvalue weighted by molar-refractivity contribution is -0.134. The number of benzene rings is 1. The predicted octanol–water partition coefficient (Wildman–Crippen LogP) is 0.0923. The first kappa shape index (κ1) is 23.7. The van der Waals surface area contributed by atoms with Gasteiger partial charge in [-0.05, 0) is 50.2 Å². The first-order valence-electron chi connectivity index (χ1n) is 9.01. The Balaban J connectivity index is 2.17. The second-order valence-corrected chi connectivity index (χ2v) is 9.26. The third-order valence-electron chi connectivity index (χ3n) is 4.78. The lowest BCUT2D eigenvalue weighted by atomic mass is 9.90. The molecule has 1 saturated heterocycles. The van der Waals surface area contributed by atoms with Crippen LogP contribution in [-0.4, -0.2) is 79.9 Å². The van der Waals surface area contributed by atoms with Crippen LogP contribution >= 0.6 is 10.6 Å². The maximum Gasteiger partial charge on any atom is 0.267 e. The number of nitrogens with one attached hydrogen (secondary N) is 2. The van der Waals surface area contributed by atoms with Crippen molar-refractivity contribution >= 4 is 22.4 Å². The maximum atomic E-state index is 12.7. The van der Waals surface area contributed by atoms with Crippen molar-refractivity contribution in [3.63, 3.8) is 0 Å². The van der Waals surface area contributed by atoms with Crippen molar-refractivity contribution in [2.45, 2.75) is 18.0 Å². The average molecular weight is 436 g/mol. The van der Waals surface area contributed by atoms with Crippen molar-refractivity contribution in [1.29, 1.82) is 0 Å². The topological polar surface area (TPSA) is 142 Å². The highest BCUT2D eigenvalue weighted by Crippen LogP contribution is 2.57. The highest BCUT2D eigenvalue weighted by molar-refractivity contribution is 8.25.